The Morgan fingerprint density at radius 1 is 1.31 bits per heavy atom. The summed E-state index contributed by atoms with van der Waals surface area (Å²) in [7, 11) is 0. The molecule has 1 amide bonds. The van der Waals surface area contributed by atoms with Crippen LogP contribution in [0.25, 0.3) is 0 Å². The molecule has 1 heterocycles. The van der Waals surface area contributed by atoms with Gasteiger partial charge in [0.15, 0.2) is 0 Å². The Hall–Kier alpha value is -1.31. The Morgan fingerprint density at radius 2 is 2.08 bits per heavy atom. The summed E-state index contributed by atoms with van der Waals surface area (Å²) in [6.07, 6.45) is 2.87. The smallest absolute Gasteiger partial charge is 0.223 e. The van der Waals surface area contributed by atoms with Crippen LogP contribution in [0.4, 0.5) is 0 Å². The van der Waals surface area contributed by atoms with Gasteiger partial charge in [-0.3, -0.25) is 4.79 Å². The SMILES string of the molecule is O=C1CC2(CCc3ccccc32)N1. The number of nitrogens with one attached hydrogen (secondary N) is 1. The molecule has 2 aliphatic rings. The molecule has 2 heteroatoms. The zero-order valence-electron chi connectivity index (χ0n) is 7.34. The number of β-lactam (4-membered cyclic amide) rings is 1. The predicted molar refractivity (Wildman–Crippen MR) is 49.2 cm³/mol. The fraction of sp³-hybridized carbons (Fsp3) is 0.364. The van der Waals surface area contributed by atoms with E-state index in [-0.39, 0.29) is 11.4 Å². The molecular weight excluding hydrogens is 162 g/mol. The molecule has 1 saturated heterocycles. The standard InChI is InChI=1S/C11H11NO/c13-10-7-11(12-10)6-5-8-3-1-2-4-9(8)11/h1-4H,5-7H2,(H,12,13). The second kappa shape index (κ2) is 2.13. The van der Waals surface area contributed by atoms with Crippen LogP contribution in [0.2, 0.25) is 0 Å². The number of benzene rings is 1. The summed E-state index contributed by atoms with van der Waals surface area (Å²) < 4.78 is 0. The molecule has 1 aromatic carbocycles. The van der Waals surface area contributed by atoms with Crippen molar-refractivity contribution in [3.05, 3.63) is 35.4 Å². The quantitative estimate of drug-likeness (QED) is 0.589. The molecule has 1 fully saturated rings. The third-order valence-corrected chi connectivity index (χ3v) is 3.20. The lowest BCUT2D eigenvalue weighted by Crippen LogP contribution is -2.56. The molecule has 0 bridgehead atoms. The lowest BCUT2D eigenvalue weighted by molar-refractivity contribution is -0.133. The second-order valence-corrected chi connectivity index (χ2v) is 3.96. The van der Waals surface area contributed by atoms with Gasteiger partial charge in [-0.1, -0.05) is 24.3 Å². The van der Waals surface area contributed by atoms with E-state index in [1.54, 1.807) is 0 Å². The number of carbonyl (C=O) groups excluding carboxylic acids is 1. The van der Waals surface area contributed by atoms with Gasteiger partial charge < -0.3 is 5.32 Å². The Balaban J connectivity index is 2.08. The van der Waals surface area contributed by atoms with Gasteiger partial charge in [-0.15, -0.1) is 0 Å². The topological polar surface area (TPSA) is 29.1 Å². The van der Waals surface area contributed by atoms with Crippen molar-refractivity contribution in [2.24, 2.45) is 0 Å². The molecule has 3 rings (SSSR count). The second-order valence-electron chi connectivity index (χ2n) is 3.96. The van der Waals surface area contributed by atoms with Gasteiger partial charge in [0.2, 0.25) is 5.91 Å². The van der Waals surface area contributed by atoms with Gasteiger partial charge in [-0.25, -0.2) is 0 Å². The van der Waals surface area contributed by atoms with Gasteiger partial charge in [0.25, 0.3) is 0 Å². The van der Waals surface area contributed by atoms with E-state index >= 15 is 0 Å². The first-order valence-electron chi connectivity index (χ1n) is 4.70. The lowest BCUT2D eigenvalue weighted by Gasteiger charge is -2.39. The highest BCUT2D eigenvalue weighted by molar-refractivity contribution is 5.86. The predicted octanol–water partition coefficient (Wildman–Crippen LogP) is 1.35. The average molecular weight is 173 g/mol. The molecule has 13 heavy (non-hydrogen) atoms. The molecule has 66 valence electrons. The Morgan fingerprint density at radius 3 is 2.85 bits per heavy atom. The molecule has 1 atom stereocenters. The highest BCUT2D eigenvalue weighted by Gasteiger charge is 2.47. The normalized spacial score (nSPS) is 29.7. The zero-order valence-corrected chi connectivity index (χ0v) is 7.34. The van der Waals surface area contributed by atoms with Crippen molar-refractivity contribution in [3.8, 4) is 0 Å². The maximum absolute atomic E-state index is 11.0. The molecule has 2 nitrogen and oxygen atoms in total. The molecule has 1 N–H and O–H groups in total. The highest BCUT2D eigenvalue weighted by atomic mass is 16.2. The van der Waals surface area contributed by atoms with Crippen molar-refractivity contribution in [2.45, 2.75) is 24.8 Å². The molecule has 1 aromatic rings. The first-order valence-corrected chi connectivity index (χ1v) is 4.70. The fourth-order valence-corrected chi connectivity index (χ4v) is 2.52. The number of rotatable bonds is 0. The molecule has 1 aliphatic heterocycles. The van der Waals surface area contributed by atoms with Gasteiger partial charge in [-0.05, 0) is 24.0 Å². The molecule has 1 unspecified atom stereocenters. The summed E-state index contributed by atoms with van der Waals surface area (Å²) in [5.41, 5.74) is 2.77. The Kier molecular flexibility index (Phi) is 1.17. The van der Waals surface area contributed by atoms with Gasteiger partial charge >= 0.3 is 0 Å². The van der Waals surface area contributed by atoms with Crippen LogP contribution in [0.3, 0.4) is 0 Å². The van der Waals surface area contributed by atoms with Crippen LogP contribution in [0.15, 0.2) is 24.3 Å². The molecule has 0 saturated carbocycles. The van der Waals surface area contributed by atoms with Crippen LogP contribution in [0.1, 0.15) is 24.0 Å². The Labute approximate surface area is 77.0 Å². The van der Waals surface area contributed by atoms with E-state index in [1.165, 1.54) is 11.1 Å². The fourth-order valence-electron chi connectivity index (χ4n) is 2.52. The monoisotopic (exact) mass is 173 g/mol. The van der Waals surface area contributed by atoms with E-state index < -0.39 is 0 Å². The van der Waals surface area contributed by atoms with E-state index in [2.05, 4.69) is 29.6 Å². The number of hydrogen-bond acceptors (Lipinski definition) is 1. The maximum atomic E-state index is 11.0. The average Bonchev–Trinajstić information content (AvgIpc) is 2.45. The van der Waals surface area contributed by atoms with Crippen LogP contribution < -0.4 is 5.32 Å². The summed E-state index contributed by atoms with van der Waals surface area (Å²) in [6, 6.07) is 8.42. The van der Waals surface area contributed by atoms with E-state index in [4.69, 9.17) is 0 Å². The minimum atomic E-state index is 0.0215. The van der Waals surface area contributed by atoms with Crippen LogP contribution >= 0.6 is 0 Å². The number of amides is 1. The van der Waals surface area contributed by atoms with E-state index in [0.717, 1.165) is 12.8 Å². The van der Waals surface area contributed by atoms with Gasteiger partial charge in [0.1, 0.15) is 0 Å². The summed E-state index contributed by atoms with van der Waals surface area (Å²) >= 11 is 0. The minimum absolute atomic E-state index is 0.0215. The maximum Gasteiger partial charge on any atom is 0.223 e. The Bertz CT molecular complexity index is 375. The van der Waals surface area contributed by atoms with Crippen molar-refractivity contribution in [3.63, 3.8) is 0 Å². The van der Waals surface area contributed by atoms with E-state index in [1.807, 2.05) is 0 Å². The van der Waals surface area contributed by atoms with E-state index in [9.17, 15) is 4.79 Å². The van der Waals surface area contributed by atoms with Crippen LogP contribution in [0, 0.1) is 0 Å². The number of carbonyl (C=O) groups is 1. The van der Waals surface area contributed by atoms with Crippen molar-refractivity contribution in [2.75, 3.05) is 0 Å². The highest BCUT2D eigenvalue weighted by Crippen LogP contribution is 2.43. The third kappa shape index (κ3) is 0.804. The third-order valence-electron chi connectivity index (χ3n) is 3.20. The summed E-state index contributed by atoms with van der Waals surface area (Å²) in [4.78, 5) is 11.0. The zero-order chi connectivity index (χ0) is 8.89. The van der Waals surface area contributed by atoms with Crippen LogP contribution in [-0.4, -0.2) is 5.91 Å². The number of aryl methyl sites for hydroxylation is 1. The van der Waals surface area contributed by atoms with Gasteiger partial charge in [0.05, 0.1) is 12.0 Å². The van der Waals surface area contributed by atoms with Gasteiger partial charge in [0, 0.05) is 0 Å². The summed E-state index contributed by atoms with van der Waals surface area (Å²) in [5, 5.41) is 3.04. The molecule has 0 radical (unpaired) electrons. The summed E-state index contributed by atoms with van der Waals surface area (Å²) in [5.74, 6) is 0.191. The van der Waals surface area contributed by atoms with Crippen molar-refractivity contribution >= 4 is 5.91 Å². The van der Waals surface area contributed by atoms with Gasteiger partial charge in [-0.2, -0.15) is 0 Å². The number of fused-ring (bicyclic) bond motifs is 2. The molecular formula is C11H11NO. The molecule has 1 spiro atoms. The van der Waals surface area contributed by atoms with Crippen LogP contribution in [0.5, 0.6) is 0 Å². The number of hydrogen-bond donors (Lipinski definition) is 1. The first-order chi connectivity index (χ1) is 6.30. The largest absolute Gasteiger partial charge is 0.346 e. The van der Waals surface area contributed by atoms with Crippen LogP contribution in [-0.2, 0) is 16.8 Å². The van der Waals surface area contributed by atoms with Crippen molar-refractivity contribution < 1.29 is 4.79 Å². The minimum Gasteiger partial charge on any atom is -0.346 e. The van der Waals surface area contributed by atoms with E-state index in [0.29, 0.717) is 6.42 Å². The summed E-state index contributed by atoms with van der Waals surface area (Å²) in [6.45, 7) is 0. The lowest BCUT2D eigenvalue weighted by atomic mass is 9.82. The van der Waals surface area contributed by atoms with Crippen molar-refractivity contribution in [1.82, 2.24) is 5.32 Å². The molecule has 0 aromatic heterocycles. The molecule has 1 aliphatic carbocycles. The van der Waals surface area contributed by atoms with Crippen molar-refractivity contribution in [1.29, 1.82) is 0 Å². The first kappa shape index (κ1) is 7.13.